The Morgan fingerprint density at radius 1 is 1.03 bits per heavy atom. The van der Waals surface area contributed by atoms with Gasteiger partial charge in [-0.05, 0) is 97.7 Å². The summed E-state index contributed by atoms with van der Waals surface area (Å²) < 4.78 is 1.09. The molecule has 5 aliphatic rings. The molecule has 5 fully saturated rings. The van der Waals surface area contributed by atoms with Gasteiger partial charge in [0, 0.05) is 19.3 Å². The topological polar surface area (TPSA) is 89.8 Å². The van der Waals surface area contributed by atoms with E-state index in [0.717, 1.165) is 68.9 Å². The Morgan fingerprint density at radius 3 is 2.45 bits per heavy atom. The van der Waals surface area contributed by atoms with Gasteiger partial charge in [-0.1, -0.05) is 20.8 Å². The molecule has 0 radical (unpaired) electrons. The summed E-state index contributed by atoms with van der Waals surface area (Å²) in [5.41, 5.74) is -0.0779. The summed E-state index contributed by atoms with van der Waals surface area (Å²) in [5.74, 6) is 2.22. The summed E-state index contributed by atoms with van der Waals surface area (Å²) in [7, 11) is 2.31. The number of nitrogens with zero attached hydrogens (tertiary/aromatic N) is 1. The van der Waals surface area contributed by atoms with Crippen molar-refractivity contribution in [3.63, 3.8) is 0 Å². The molecule has 7 heteroatoms. The fourth-order valence-corrected chi connectivity index (χ4v) is 10.6. The van der Waals surface area contributed by atoms with Crippen molar-refractivity contribution in [3.05, 3.63) is 0 Å². The zero-order chi connectivity index (χ0) is 26.6. The molecule has 1 aliphatic heterocycles. The molecule has 0 aromatic heterocycles. The van der Waals surface area contributed by atoms with E-state index in [4.69, 9.17) is 0 Å². The van der Waals surface area contributed by atoms with E-state index >= 15 is 0 Å². The van der Waals surface area contributed by atoms with Gasteiger partial charge in [0.25, 0.3) is 0 Å². The fourth-order valence-electron chi connectivity index (χ4n) is 10.6. The summed E-state index contributed by atoms with van der Waals surface area (Å²) in [5, 5.41) is 36.7. The Hall–Kier alpha value is 0.0400. The molecule has 4 aliphatic carbocycles. The second-order valence-electron chi connectivity index (χ2n) is 14.9. The highest BCUT2D eigenvalue weighted by molar-refractivity contribution is 5.75. The number of nitrogens with one attached hydrogen (secondary N) is 1. The molecule has 5 rings (SSSR count). The number of likely N-dealkylation sites (N-methyl/N-ethyl adjacent to an activating group) is 1. The maximum atomic E-state index is 12.7. The Labute approximate surface area is 248 Å². The van der Waals surface area contributed by atoms with Crippen LogP contribution in [0.2, 0.25) is 0 Å². The van der Waals surface area contributed by atoms with Crippen molar-refractivity contribution in [1.29, 1.82) is 0 Å². The molecular formula is C31H55IN2O4. The normalized spacial score (nSPS) is 46.3. The molecule has 11 atom stereocenters. The van der Waals surface area contributed by atoms with Crippen LogP contribution in [0.1, 0.15) is 91.4 Å². The molecule has 1 saturated heterocycles. The minimum Gasteiger partial charge on any atom is -1.00 e. The quantitative estimate of drug-likeness (QED) is 0.243. The maximum absolute atomic E-state index is 12.7. The van der Waals surface area contributed by atoms with Crippen molar-refractivity contribution < 1.29 is 48.6 Å². The van der Waals surface area contributed by atoms with Gasteiger partial charge in [-0.3, -0.25) is 4.79 Å². The maximum Gasteiger partial charge on any atom is 0.220 e. The summed E-state index contributed by atoms with van der Waals surface area (Å²) >= 11 is 0. The summed E-state index contributed by atoms with van der Waals surface area (Å²) in [6.07, 6.45) is 9.52. The highest BCUT2D eigenvalue weighted by atomic mass is 127. The van der Waals surface area contributed by atoms with E-state index in [0.29, 0.717) is 36.0 Å². The molecule has 0 bridgehead atoms. The van der Waals surface area contributed by atoms with Gasteiger partial charge in [-0.25, -0.2) is 0 Å². The second-order valence-corrected chi connectivity index (χ2v) is 14.9. The number of rotatable bonds is 7. The van der Waals surface area contributed by atoms with Crippen LogP contribution in [0.15, 0.2) is 0 Å². The molecular weight excluding hydrogens is 591 g/mol. The lowest BCUT2D eigenvalue weighted by atomic mass is 9.43. The Balaban J connectivity index is 0.00000336. The molecule has 38 heavy (non-hydrogen) atoms. The van der Waals surface area contributed by atoms with Crippen molar-refractivity contribution in [2.75, 3.05) is 33.2 Å². The molecule has 6 nitrogen and oxygen atoms in total. The van der Waals surface area contributed by atoms with Crippen LogP contribution in [0.25, 0.3) is 0 Å². The summed E-state index contributed by atoms with van der Waals surface area (Å²) in [6, 6.07) is 0. The molecule has 4 saturated carbocycles. The zero-order valence-corrected chi connectivity index (χ0v) is 26.5. The number of aliphatic hydroxyl groups excluding tert-OH is 3. The van der Waals surface area contributed by atoms with Crippen molar-refractivity contribution in [3.8, 4) is 0 Å². The first-order valence-electron chi connectivity index (χ1n) is 15.6. The number of aliphatic hydroxyl groups is 3. The molecule has 0 unspecified atom stereocenters. The molecule has 0 aromatic carbocycles. The van der Waals surface area contributed by atoms with E-state index in [1.807, 2.05) is 0 Å². The van der Waals surface area contributed by atoms with Crippen LogP contribution in [-0.2, 0) is 4.79 Å². The van der Waals surface area contributed by atoms with Crippen LogP contribution in [0, 0.1) is 46.3 Å². The van der Waals surface area contributed by atoms with Gasteiger partial charge in [-0.15, -0.1) is 0 Å². The number of carbonyl (C=O) groups excluding carboxylic acids is 1. The van der Waals surface area contributed by atoms with Gasteiger partial charge < -0.3 is 49.1 Å². The predicted octanol–water partition coefficient (Wildman–Crippen LogP) is 0.725. The first kappa shape index (κ1) is 31.0. The van der Waals surface area contributed by atoms with Crippen molar-refractivity contribution >= 4 is 5.91 Å². The van der Waals surface area contributed by atoms with E-state index in [1.54, 1.807) is 0 Å². The Morgan fingerprint density at radius 2 is 1.74 bits per heavy atom. The van der Waals surface area contributed by atoms with Gasteiger partial charge in [0.1, 0.15) is 0 Å². The molecule has 4 N–H and O–H groups in total. The third kappa shape index (κ3) is 5.46. The van der Waals surface area contributed by atoms with Crippen LogP contribution in [0.5, 0.6) is 0 Å². The fraction of sp³-hybridized carbons (Fsp3) is 0.968. The average molecular weight is 647 g/mol. The largest absolute Gasteiger partial charge is 1.00 e. The van der Waals surface area contributed by atoms with Gasteiger partial charge in [0.15, 0.2) is 0 Å². The van der Waals surface area contributed by atoms with Gasteiger partial charge in [0.2, 0.25) is 5.91 Å². The lowest BCUT2D eigenvalue weighted by Gasteiger charge is -2.63. The Kier molecular flexibility index (Phi) is 9.57. The smallest absolute Gasteiger partial charge is 0.220 e. The van der Waals surface area contributed by atoms with Crippen LogP contribution < -0.4 is 29.3 Å². The highest BCUT2D eigenvalue weighted by Crippen LogP contribution is 2.68. The number of quaternary nitrogens is 1. The number of likely N-dealkylation sites (tertiary alicyclic amines) is 1. The molecule has 220 valence electrons. The number of fused-ring (bicyclic) bond motifs is 5. The number of halogens is 1. The van der Waals surface area contributed by atoms with E-state index < -0.39 is 0 Å². The average Bonchev–Trinajstić information content (AvgIpc) is 3.43. The molecule has 1 heterocycles. The van der Waals surface area contributed by atoms with Gasteiger partial charge in [0.05, 0.1) is 51.5 Å². The van der Waals surface area contributed by atoms with Crippen molar-refractivity contribution in [2.45, 2.75) is 110 Å². The van der Waals surface area contributed by atoms with E-state index in [1.165, 1.54) is 25.9 Å². The molecule has 0 aromatic rings. The lowest BCUT2D eigenvalue weighted by molar-refractivity contribution is -0.896. The third-order valence-electron chi connectivity index (χ3n) is 13.0. The zero-order valence-electron chi connectivity index (χ0n) is 24.4. The summed E-state index contributed by atoms with van der Waals surface area (Å²) in [6.45, 7) is 11.2. The highest BCUT2D eigenvalue weighted by Gasteiger charge is 2.65. The van der Waals surface area contributed by atoms with Gasteiger partial charge >= 0.3 is 0 Å². The third-order valence-corrected chi connectivity index (χ3v) is 13.0. The van der Waals surface area contributed by atoms with Crippen LogP contribution >= 0.6 is 0 Å². The van der Waals surface area contributed by atoms with Crippen LogP contribution in [0.3, 0.4) is 0 Å². The number of hydrogen-bond acceptors (Lipinski definition) is 4. The molecule has 1 amide bonds. The Bertz CT molecular complexity index is 837. The second kappa shape index (κ2) is 11.7. The van der Waals surface area contributed by atoms with Crippen molar-refractivity contribution in [2.24, 2.45) is 46.3 Å². The first-order valence-corrected chi connectivity index (χ1v) is 15.6. The standard InChI is InChI=1S/C31H54N2O4.HI/c1-20(7-10-28(37)32-13-16-33(4)14-5-6-15-33)23-8-9-24-29-25(19-27(36)31(23,24)3)30(2)12-11-22(34)17-21(30)18-26(29)35;/h20-27,29,34-36H,5-19H2,1-4H3;1H/t20-,21+,22-,23-,24+,25+,26-,27+,29+,30+,31-;/m1./s1. The van der Waals surface area contributed by atoms with E-state index in [-0.39, 0.29) is 64.9 Å². The number of hydrogen-bond donors (Lipinski definition) is 4. The van der Waals surface area contributed by atoms with Crippen molar-refractivity contribution in [1.82, 2.24) is 5.32 Å². The number of carbonyl (C=O) groups is 1. The monoisotopic (exact) mass is 646 g/mol. The lowest BCUT2D eigenvalue weighted by Crippen LogP contribution is -3.00. The predicted molar refractivity (Wildman–Crippen MR) is 145 cm³/mol. The summed E-state index contributed by atoms with van der Waals surface area (Å²) in [4.78, 5) is 12.7. The molecule has 0 spiro atoms. The minimum atomic E-state index is -0.359. The van der Waals surface area contributed by atoms with Crippen LogP contribution in [-0.4, -0.2) is 77.2 Å². The van der Waals surface area contributed by atoms with Crippen LogP contribution in [0.4, 0.5) is 0 Å². The SMILES string of the molecule is C[C@H](CCC(=O)NCC[N+]1(C)CCCC1)[C@H]1CC[C@H]2[C@@H]3[C@H](O)C[C@@H]4C[C@H](O)CC[C@]4(C)[C@H]3C[C@H](O)[C@]12C.[I-]. The first-order chi connectivity index (χ1) is 17.5. The van der Waals surface area contributed by atoms with Gasteiger partial charge in [-0.2, -0.15) is 0 Å². The minimum absolute atomic E-state index is 0. The number of amides is 1. The van der Waals surface area contributed by atoms with E-state index in [2.05, 4.69) is 33.1 Å². The van der Waals surface area contributed by atoms with E-state index in [9.17, 15) is 20.1 Å².